The molecule has 0 bridgehead atoms. The van der Waals surface area contributed by atoms with Crippen LogP contribution in [0.5, 0.6) is 5.75 Å². The van der Waals surface area contributed by atoms with E-state index in [0.29, 0.717) is 22.1 Å². The summed E-state index contributed by atoms with van der Waals surface area (Å²) in [6, 6.07) is 10.4. The Hall–Kier alpha value is -3.08. The van der Waals surface area contributed by atoms with E-state index in [2.05, 4.69) is 5.18 Å². The van der Waals surface area contributed by atoms with Gasteiger partial charge in [-0.3, -0.25) is 0 Å². The van der Waals surface area contributed by atoms with E-state index < -0.39 is 0 Å². The van der Waals surface area contributed by atoms with Crippen LogP contribution in [0.15, 0.2) is 41.6 Å². The highest BCUT2D eigenvalue weighted by atomic mass is 16.3. The number of nitrogen functional groups attached to an aromatic ring is 2. The average Bonchev–Trinajstić information content (AvgIpc) is 2.48. The Morgan fingerprint density at radius 1 is 0.810 bits per heavy atom. The van der Waals surface area contributed by atoms with E-state index in [1.165, 1.54) is 6.07 Å². The molecule has 0 heterocycles. The van der Waals surface area contributed by atoms with E-state index in [4.69, 9.17) is 11.5 Å². The zero-order valence-corrected chi connectivity index (χ0v) is 10.9. The Morgan fingerprint density at radius 2 is 1.33 bits per heavy atom. The number of aromatic hydroxyl groups is 1. The van der Waals surface area contributed by atoms with Crippen molar-refractivity contribution in [3.05, 3.63) is 41.3 Å². The number of hydrogen-bond acceptors (Lipinski definition) is 5. The molecule has 0 aliphatic carbocycles. The second-order valence-electron chi connectivity index (χ2n) is 5.13. The van der Waals surface area contributed by atoms with Gasteiger partial charge in [0.05, 0.1) is 0 Å². The molecule has 4 aromatic carbocycles. The second kappa shape index (κ2) is 3.73. The molecule has 4 rings (SSSR count). The van der Waals surface area contributed by atoms with Crippen LogP contribution in [0.25, 0.3) is 32.3 Å². The van der Waals surface area contributed by atoms with Crippen molar-refractivity contribution in [2.24, 2.45) is 5.18 Å². The zero-order valence-electron chi connectivity index (χ0n) is 10.9. The SMILES string of the molecule is Nc1cc(O)c2ccc3c(N=O)cc(N)c4ccc1c2c43. The average molecular weight is 277 g/mol. The fourth-order valence-corrected chi connectivity index (χ4v) is 3.08. The largest absolute Gasteiger partial charge is 0.507 e. The van der Waals surface area contributed by atoms with E-state index in [-0.39, 0.29) is 11.4 Å². The van der Waals surface area contributed by atoms with Gasteiger partial charge in [0.2, 0.25) is 0 Å². The Bertz CT molecular complexity index is 1020. The lowest BCUT2D eigenvalue weighted by Gasteiger charge is -2.15. The molecule has 4 aromatic rings. The summed E-state index contributed by atoms with van der Waals surface area (Å²) >= 11 is 0. The zero-order chi connectivity index (χ0) is 14.7. The molecule has 0 aliphatic rings. The van der Waals surface area contributed by atoms with Gasteiger partial charge in [-0.05, 0) is 17.3 Å². The first-order chi connectivity index (χ1) is 10.1. The van der Waals surface area contributed by atoms with Crippen molar-refractivity contribution in [1.29, 1.82) is 0 Å². The van der Waals surface area contributed by atoms with Crippen LogP contribution in [0.1, 0.15) is 0 Å². The Balaban J connectivity index is 2.45. The predicted octanol–water partition coefficient (Wildman–Crippen LogP) is 3.85. The molecule has 0 aromatic heterocycles. The number of nitroso groups, excluding NO2 is 1. The molecule has 0 atom stereocenters. The van der Waals surface area contributed by atoms with Crippen LogP contribution in [-0.4, -0.2) is 5.11 Å². The quantitative estimate of drug-likeness (QED) is 0.279. The molecule has 0 radical (unpaired) electrons. The third-order valence-electron chi connectivity index (χ3n) is 4.02. The number of benzene rings is 4. The Kier molecular flexibility index (Phi) is 2.08. The monoisotopic (exact) mass is 277 g/mol. The van der Waals surface area contributed by atoms with E-state index in [0.717, 1.165) is 21.5 Å². The van der Waals surface area contributed by atoms with Crippen molar-refractivity contribution in [2.75, 3.05) is 11.5 Å². The second-order valence-corrected chi connectivity index (χ2v) is 5.13. The standard InChI is InChI=1S/C16H11N3O2/c17-11-5-13(19-21)9-3-4-10-14(20)6-12(18)8-2-1-7(11)15(9)16(8)10/h1-6,20H,17-18H2. The maximum absolute atomic E-state index is 11.1. The fraction of sp³-hybridized carbons (Fsp3) is 0. The molecular weight excluding hydrogens is 266 g/mol. The van der Waals surface area contributed by atoms with Crippen LogP contribution in [0.4, 0.5) is 17.1 Å². The van der Waals surface area contributed by atoms with E-state index in [9.17, 15) is 10.0 Å². The highest BCUT2D eigenvalue weighted by Crippen LogP contribution is 2.45. The first-order valence-electron chi connectivity index (χ1n) is 6.43. The van der Waals surface area contributed by atoms with Crippen molar-refractivity contribution in [2.45, 2.75) is 0 Å². The van der Waals surface area contributed by atoms with Gasteiger partial charge in [0.1, 0.15) is 11.4 Å². The summed E-state index contributed by atoms with van der Waals surface area (Å²) in [5.74, 6) is 0.109. The predicted molar refractivity (Wildman–Crippen MR) is 86.1 cm³/mol. The van der Waals surface area contributed by atoms with Crippen LogP contribution < -0.4 is 11.5 Å². The van der Waals surface area contributed by atoms with E-state index in [1.54, 1.807) is 18.2 Å². The summed E-state index contributed by atoms with van der Waals surface area (Å²) in [7, 11) is 0. The third kappa shape index (κ3) is 1.34. The van der Waals surface area contributed by atoms with Gasteiger partial charge in [-0.25, -0.2) is 0 Å². The normalized spacial score (nSPS) is 11.6. The van der Waals surface area contributed by atoms with Gasteiger partial charge < -0.3 is 16.6 Å². The number of nitrogens with two attached hydrogens (primary N) is 2. The number of nitrogens with zero attached hydrogens (tertiary/aromatic N) is 1. The number of rotatable bonds is 1. The summed E-state index contributed by atoms with van der Waals surface area (Å²) in [6.07, 6.45) is 0. The molecule has 0 unspecified atom stereocenters. The summed E-state index contributed by atoms with van der Waals surface area (Å²) in [6.45, 7) is 0. The highest BCUT2D eigenvalue weighted by molar-refractivity contribution is 6.29. The van der Waals surface area contributed by atoms with Gasteiger partial charge in [-0.1, -0.05) is 18.2 Å². The van der Waals surface area contributed by atoms with Gasteiger partial charge in [-0.2, -0.15) is 0 Å². The van der Waals surface area contributed by atoms with Crippen molar-refractivity contribution in [3.8, 4) is 5.75 Å². The lowest BCUT2D eigenvalue weighted by Crippen LogP contribution is -1.93. The maximum Gasteiger partial charge on any atom is 0.125 e. The molecule has 5 N–H and O–H groups in total. The lowest BCUT2D eigenvalue weighted by molar-refractivity contribution is 0.482. The summed E-state index contributed by atoms with van der Waals surface area (Å²) in [5.41, 5.74) is 13.3. The van der Waals surface area contributed by atoms with Crippen LogP contribution in [0.3, 0.4) is 0 Å². The van der Waals surface area contributed by atoms with Crippen molar-refractivity contribution in [1.82, 2.24) is 0 Å². The molecule has 0 spiro atoms. The molecule has 0 amide bonds. The van der Waals surface area contributed by atoms with Gasteiger partial charge in [-0.15, -0.1) is 4.91 Å². The summed E-state index contributed by atoms with van der Waals surface area (Å²) in [5, 5.41) is 17.8. The van der Waals surface area contributed by atoms with Gasteiger partial charge >= 0.3 is 0 Å². The number of phenols is 1. The molecule has 0 saturated carbocycles. The van der Waals surface area contributed by atoms with Crippen molar-refractivity contribution >= 4 is 49.4 Å². The minimum absolute atomic E-state index is 0.109. The van der Waals surface area contributed by atoms with Crippen molar-refractivity contribution in [3.63, 3.8) is 0 Å². The van der Waals surface area contributed by atoms with Crippen LogP contribution in [0.2, 0.25) is 0 Å². The molecule has 21 heavy (non-hydrogen) atoms. The number of phenolic OH excluding ortho intramolecular Hbond substituents is 1. The molecule has 0 fully saturated rings. The first kappa shape index (κ1) is 11.7. The summed E-state index contributed by atoms with van der Waals surface area (Å²) in [4.78, 5) is 11.1. The molecule has 5 heteroatoms. The maximum atomic E-state index is 11.1. The third-order valence-corrected chi connectivity index (χ3v) is 4.02. The molecule has 0 saturated heterocycles. The van der Waals surface area contributed by atoms with E-state index in [1.807, 2.05) is 12.1 Å². The Labute approximate surface area is 119 Å². The fourth-order valence-electron chi connectivity index (χ4n) is 3.08. The van der Waals surface area contributed by atoms with Crippen LogP contribution >= 0.6 is 0 Å². The van der Waals surface area contributed by atoms with E-state index >= 15 is 0 Å². The lowest BCUT2D eigenvalue weighted by atomic mass is 9.91. The smallest absolute Gasteiger partial charge is 0.125 e. The first-order valence-corrected chi connectivity index (χ1v) is 6.43. The minimum Gasteiger partial charge on any atom is -0.507 e. The number of anilines is 2. The minimum atomic E-state index is 0.109. The molecular formula is C16H11N3O2. The van der Waals surface area contributed by atoms with Crippen LogP contribution in [-0.2, 0) is 0 Å². The van der Waals surface area contributed by atoms with Gasteiger partial charge in [0.25, 0.3) is 0 Å². The van der Waals surface area contributed by atoms with Gasteiger partial charge in [0, 0.05) is 49.8 Å². The number of hydrogen-bond donors (Lipinski definition) is 3. The molecule has 5 nitrogen and oxygen atoms in total. The van der Waals surface area contributed by atoms with Gasteiger partial charge in [0.15, 0.2) is 0 Å². The molecule has 102 valence electrons. The summed E-state index contributed by atoms with van der Waals surface area (Å²) < 4.78 is 0. The molecule has 0 aliphatic heterocycles. The Morgan fingerprint density at radius 3 is 2.00 bits per heavy atom. The van der Waals surface area contributed by atoms with Crippen molar-refractivity contribution < 1.29 is 5.11 Å². The topological polar surface area (TPSA) is 102 Å². The van der Waals surface area contributed by atoms with Crippen LogP contribution in [0, 0.1) is 4.91 Å². The highest BCUT2D eigenvalue weighted by Gasteiger charge is 2.16.